The van der Waals surface area contributed by atoms with Crippen molar-refractivity contribution in [3.8, 4) is 5.75 Å². The van der Waals surface area contributed by atoms with Crippen LogP contribution in [0.25, 0.3) is 0 Å². The number of carbonyl (C=O) groups excluding carboxylic acids is 1. The van der Waals surface area contributed by atoms with Crippen LogP contribution in [0.15, 0.2) is 48.5 Å². The zero-order valence-electron chi connectivity index (χ0n) is 13.0. The van der Waals surface area contributed by atoms with Crippen LogP contribution in [0, 0.1) is 5.82 Å². The Kier molecular flexibility index (Phi) is 6.94. The number of carbonyl (C=O) groups is 1. The lowest BCUT2D eigenvalue weighted by molar-refractivity contribution is -0.118. The Labute approximate surface area is 140 Å². The number of nitrogens with one attached hydrogen (secondary N) is 1. The van der Waals surface area contributed by atoms with Crippen LogP contribution in [0.5, 0.6) is 5.75 Å². The van der Waals surface area contributed by atoms with Crippen molar-refractivity contribution >= 4 is 17.7 Å². The van der Waals surface area contributed by atoms with Crippen LogP contribution in [0.3, 0.4) is 0 Å². The van der Waals surface area contributed by atoms with E-state index in [1.165, 1.54) is 23.9 Å². The standard InChI is InChI=1S/C18H20FNO2S/c1-22-17-7-5-14(6-8-17)9-10-20-18(21)13-23-12-15-3-2-4-16(19)11-15/h2-8,11H,9-10,12-13H2,1H3,(H,20,21). The van der Waals surface area contributed by atoms with Crippen molar-refractivity contribution in [2.75, 3.05) is 19.4 Å². The lowest BCUT2D eigenvalue weighted by atomic mass is 10.1. The smallest absolute Gasteiger partial charge is 0.230 e. The molecule has 0 saturated heterocycles. The molecule has 2 aromatic carbocycles. The van der Waals surface area contributed by atoms with Gasteiger partial charge in [0.15, 0.2) is 0 Å². The summed E-state index contributed by atoms with van der Waals surface area (Å²) >= 11 is 1.48. The summed E-state index contributed by atoms with van der Waals surface area (Å²) in [6.07, 6.45) is 0.782. The Morgan fingerprint density at radius 3 is 2.65 bits per heavy atom. The number of hydrogen-bond acceptors (Lipinski definition) is 3. The van der Waals surface area contributed by atoms with E-state index in [2.05, 4.69) is 5.32 Å². The van der Waals surface area contributed by atoms with Gasteiger partial charge in [-0.15, -0.1) is 11.8 Å². The molecule has 0 aromatic heterocycles. The number of thioether (sulfide) groups is 1. The molecule has 0 radical (unpaired) electrons. The molecule has 0 fully saturated rings. The van der Waals surface area contributed by atoms with Crippen LogP contribution in [-0.4, -0.2) is 25.3 Å². The fourth-order valence-electron chi connectivity index (χ4n) is 2.08. The summed E-state index contributed by atoms with van der Waals surface area (Å²) in [5.41, 5.74) is 2.04. The summed E-state index contributed by atoms with van der Waals surface area (Å²) in [7, 11) is 1.64. The quantitative estimate of drug-likeness (QED) is 0.804. The van der Waals surface area contributed by atoms with Gasteiger partial charge in [0.05, 0.1) is 12.9 Å². The van der Waals surface area contributed by atoms with Crippen molar-refractivity contribution in [1.29, 1.82) is 0 Å². The minimum atomic E-state index is -0.243. The number of ether oxygens (including phenoxy) is 1. The average molecular weight is 333 g/mol. The maximum Gasteiger partial charge on any atom is 0.230 e. The van der Waals surface area contributed by atoms with E-state index >= 15 is 0 Å². The normalized spacial score (nSPS) is 10.3. The van der Waals surface area contributed by atoms with E-state index in [0.29, 0.717) is 18.1 Å². The molecule has 2 rings (SSSR count). The van der Waals surface area contributed by atoms with Crippen molar-refractivity contribution in [2.24, 2.45) is 0 Å². The first-order chi connectivity index (χ1) is 11.2. The third kappa shape index (κ3) is 6.32. The number of rotatable bonds is 8. The Balaban J connectivity index is 1.63. The molecule has 5 heteroatoms. The van der Waals surface area contributed by atoms with Gasteiger partial charge in [0.2, 0.25) is 5.91 Å². The lowest BCUT2D eigenvalue weighted by Crippen LogP contribution is -2.27. The zero-order chi connectivity index (χ0) is 16.5. The fourth-order valence-corrected chi connectivity index (χ4v) is 2.88. The van der Waals surface area contributed by atoms with Gasteiger partial charge < -0.3 is 10.1 Å². The summed E-state index contributed by atoms with van der Waals surface area (Å²) in [6, 6.07) is 14.2. The summed E-state index contributed by atoms with van der Waals surface area (Å²) in [6.45, 7) is 0.603. The first-order valence-corrected chi connectivity index (χ1v) is 8.54. The first kappa shape index (κ1) is 17.3. The summed E-state index contributed by atoms with van der Waals surface area (Å²) in [5.74, 6) is 1.58. The summed E-state index contributed by atoms with van der Waals surface area (Å²) in [4.78, 5) is 11.8. The van der Waals surface area contributed by atoms with E-state index in [0.717, 1.165) is 23.3 Å². The van der Waals surface area contributed by atoms with Crippen molar-refractivity contribution < 1.29 is 13.9 Å². The second-order valence-electron chi connectivity index (χ2n) is 5.07. The van der Waals surface area contributed by atoms with Crippen LogP contribution in [0.4, 0.5) is 4.39 Å². The van der Waals surface area contributed by atoms with Gasteiger partial charge in [0.1, 0.15) is 11.6 Å². The Morgan fingerprint density at radius 2 is 1.96 bits per heavy atom. The zero-order valence-corrected chi connectivity index (χ0v) is 13.9. The topological polar surface area (TPSA) is 38.3 Å². The van der Waals surface area contributed by atoms with Gasteiger partial charge in [-0.05, 0) is 41.8 Å². The van der Waals surface area contributed by atoms with E-state index < -0.39 is 0 Å². The SMILES string of the molecule is COc1ccc(CCNC(=O)CSCc2cccc(F)c2)cc1. The molecule has 3 nitrogen and oxygen atoms in total. The van der Waals surface area contributed by atoms with Crippen LogP contribution >= 0.6 is 11.8 Å². The highest BCUT2D eigenvalue weighted by atomic mass is 32.2. The van der Waals surface area contributed by atoms with Gasteiger partial charge in [-0.25, -0.2) is 4.39 Å². The second kappa shape index (κ2) is 9.20. The van der Waals surface area contributed by atoms with Crippen LogP contribution in [0.1, 0.15) is 11.1 Å². The van der Waals surface area contributed by atoms with Crippen molar-refractivity contribution in [2.45, 2.75) is 12.2 Å². The van der Waals surface area contributed by atoms with E-state index in [9.17, 15) is 9.18 Å². The summed E-state index contributed by atoms with van der Waals surface area (Å²) < 4.78 is 18.1. The van der Waals surface area contributed by atoms with Crippen LogP contribution in [0.2, 0.25) is 0 Å². The third-order valence-corrected chi connectivity index (χ3v) is 4.29. The molecular formula is C18H20FNO2S. The average Bonchev–Trinajstić information content (AvgIpc) is 2.55. The highest BCUT2D eigenvalue weighted by molar-refractivity contribution is 7.99. The number of amides is 1. The minimum absolute atomic E-state index is 0.0000789. The number of benzene rings is 2. The van der Waals surface area contributed by atoms with Gasteiger partial charge in [-0.1, -0.05) is 24.3 Å². The largest absolute Gasteiger partial charge is 0.497 e. The third-order valence-electron chi connectivity index (χ3n) is 3.29. The maximum atomic E-state index is 13.0. The first-order valence-electron chi connectivity index (χ1n) is 7.39. The molecule has 1 N–H and O–H groups in total. The lowest BCUT2D eigenvalue weighted by Gasteiger charge is -2.06. The molecule has 0 unspecified atom stereocenters. The van der Waals surface area contributed by atoms with Crippen LogP contribution < -0.4 is 10.1 Å². The number of hydrogen-bond donors (Lipinski definition) is 1. The molecule has 0 saturated carbocycles. The fraction of sp³-hybridized carbons (Fsp3) is 0.278. The maximum absolute atomic E-state index is 13.0. The van der Waals surface area contributed by atoms with Gasteiger partial charge in [0.25, 0.3) is 0 Å². The van der Waals surface area contributed by atoms with Gasteiger partial charge >= 0.3 is 0 Å². The van der Waals surface area contributed by atoms with Gasteiger partial charge in [-0.2, -0.15) is 0 Å². The molecule has 0 aliphatic rings. The second-order valence-corrected chi connectivity index (χ2v) is 6.06. The highest BCUT2D eigenvalue weighted by Crippen LogP contribution is 2.13. The number of halogens is 1. The van der Waals surface area contributed by atoms with Gasteiger partial charge in [-0.3, -0.25) is 4.79 Å². The molecule has 0 aliphatic carbocycles. The molecule has 0 atom stereocenters. The van der Waals surface area contributed by atoms with E-state index in [-0.39, 0.29) is 11.7 Å². The van der Waals surface area contributed by atoms with E-state index in [1.54, 1.807) is 13.2 Å². The molecule has 23 heavy (non-hydrogen) atoms. The molecule has 2 aromatic rings. The predicted octanol–water partition coefficient (Wildman–Crippen LogP) is 3.43. The molecule has 122 valence electrons. The van der Waals surface area contributed by atoms with E-state index in [1.807, 2.05) is 30.3 Å². The van der Waals surface area contributed by atoms with Crippen molar-refractivity contribution in [3.63, 3.8) is 0 Å². The Hall–Kier alpha value is -2.01. The highest BCUT2D eigenvalue weighted by Gasteiger charge is 2.03. The van der Waals surface area contributed by atoms with Crippen molar-refractivity contribution in [3.05, 3.63) is 65.5 Å². The minimum Gasteiger partial charge on any atom is -0.497 e. The molecular weight excluding hydrogens is 313 g/mol. The predicted molar refractivity (Wildman–Crippen MR) is 92.3 cm³/mol. The monoisotopic (exact) mass is 333 g/mol. The van der Waals surface area contributed by atoms with Gasteiger partial charge in [0, 0.05) is 12.3 Å². The summed E-state index contributed by atoms with van der Waals surface area (Å²) in [5, 5.41) is 2.89. The molecule has 1 amide bonds. The number of methoxy groups -OCH3 is 1. The van der Waals surface area contributed by atoms with Crippen LogP contribution in [-0.2, 0) is 17.0 Å². The molecule has 0 bridgehead atoms. The van der Waals surface area contributed by atoms with E-state index in [4.69, 9.17) is 4.74 Å². The van der Waals surface area contributed by atoms with Crippen molar-refractivity contribution in [1.82, 2.24) is 5.32 Å². The Bertz CT molecular complexity index is 631. The Morgan fingerprint density at radius 1 is 1.17 bits per heavy atom. The molecule has 0 aliphatic heterocycles. The molecule has 0 heterocycles. The molecule has 0 spiro atoms.